The van der Waals surface area contributed by atoms with Crippen LogP contribution in [0.4, 0.5) is 5.95 Å². The Labute approximate surface area is 186 Å². The number of rotatable bonds is 6. The van der Waals surface area contributed by atoms with Crippen molar-refractivity contribution in [1.82, 2.24) is 24.0 Å². The second-order valence-corrected chi connectivity index (χ2v) is 9.00. The van der Waals surface area contributed by atoms with Crippen molar-refractivity contribution in [2.24, 2.45) is 13.0 Å². The number of hydrogen-bond donors (Lipinski definition) is 1. The summed E-state index contributed by atoms with van der Waals surface area (Å²) in [6.07, 6.45) is 1.18. The van der Waals surface area contributed by atoms with Gasteiger partial charge in [-0.1, -0.05) is 43.6 Å². The lowest BCUT2D eigenvalue weighted by Gasteiger charge is -2.35. The third-order valence-electron chi connectivity index (χ3n) is 5.95. The number of hydrogen-bond acceptors (Lipinski definition) is 5. The Morgan fingerprint density at radius 2 is 1.84 bits per heavy atom. The number of imidazole rings is 1. The first kappa shape index (κ1) is 21.6. The number of fused-ring (bicyclic) bond motifs is 1. The van der Waals surface area contributed by atoms with E-state index in [-0.39, 0.29) is 0 Å². The van der Waals surface area contributed by atoms with Crippen molar-refractivity contribution < 1.29 is 0 Å². The molecule has 1 N–H and O–H groups in total. The number of H-pyrrole nitrogens is 1. The first-order chi connectivity index (χ1) is 14.8. The summed E-state index contributed by atoms with van der Waals surface area (Å²) in [5.41, 5.74) is 0.773. The molecule has 0 bridgehead atoms. The minimum atomic E-state index is -0.468. The van der Waals surface area contributed by atoms with Crippen LogP contribution in [-0.4, -0.2) is 56.7 Å². The van der Waals surface area contributed by atoms with E-state index in [9.17, 15) is 9.59 Å². The van der Waals surface area contributed by atoms with Gasteiger partial charge in [0.2, 0.25) is 5.95 Å². The van der Waals surface area contributed by atoms with E-state index < -0.39 is 11.2 Å². The molecule has 2 aromatic heterocycles. The second kappa shape index (κ2) is 8.88. The molecule has 1 saturated heterocycles. The molecule has 0 spiro atoms. The summed E-state index contributed by atoms with van der Waals surface area (Å²) in [7, 11) is 1.63. The Morgan fingerprint density at radius 3 is 2.52 bits per heavy atom. The number of nitrogens with zero attached hydrogens (tertiary/aromatic N) is 5. The predicted molar refractivity (Wildman–Crippen MR) is 124 cm³/mol. The SMILES string of the molecule is CC(C)CCN1CCN(c2nc3c(c(=O)[nH]c(=O)n3C)n2Cc2ccccc2Cl)CC1. The molecule has 8 nitrogen and oxygen atoms in total. The maximum atomic E-state index is 12.8. The van der Waals surface area contributed by atoms with Gasteiger partial charge in [-0.25, -0.2) is 4.79 Å². The Morgan fingerprint density at radius 1 is 1.13 bits per heavy atom. The van der Waals surface area contributed by atoms with Crippen LogP contribution in [0.15, 0.2) is 33.9 Å². The van der Waals surface area contributed by atoms with Crippen molar-refractivity contribution in [3.05, 3.63) is 55.7 Å². The molecule has 31 heavy (non-hydrogen) atoms. The number of benzene rings is 1. The van der Waals surface area contributed by atoms with Crippen LogP contribution in [0.25, 0.3) is 11.2 Å². The van der Waals surface area contributed by atoms with Gasteiger partial charge >= 0.3 is 5.69 Å². The number of aromatic nitrogens is 4. The molecule has 0 aliphatic carbocycles. The van der Waals surface area contributed by atoms with Gasteiger partial charge < -0.3 is 4.90 Å². The molecule has 9 heteroatoms. The maximum Gasteiger partial charge on any atom is 0.329 e. The smallest absolute Gasteiger partial charge is 0.329 e. The third-order valence-corrected chi connectivity index (χ3v) is 6.32. The van der Waals surface area contributed by atoms with Gasteiger partial charge in [-0.15, -0.1) is 0 Å². The zero-order valence-corrected chi connectivity index (χ0v) is 19.0. The fourth-order valence-corrected chi connectivity index (χ4v) is 4.22. The molecule has 4 rings (SSSR count). The van der Waals surface area contributed by atoms with Crippen LogP contribution in [0.2, 0.25) is 5.02 Å². The molecule has 0 saturated carbocycles. The van der Waals surface area contributed by atoms with Crippen LogP contribution in [0.5, 0.6) is 0 Å². The molecule has 3 aromatic rings. The summed E-state index contributed by atoms with van der Waals surface area (Å²) in [5.74, 6) is 1.39. The van der Waals surface area contributed by atoms with E-state index in [0.717, 1.165) is 38.3 Å². The van der Waals surface area contributed by atoms with E-state index in [1.807, 2.05) is 28.8 Å². The van der Waals surface area contributed by atoms with E-state index in [1.165, 1.54) is 11.0 Å². The lowest BCUT2D eigenvalue weighted by molar-refractivity contribution is 0.242. The zero-order valence-electron chi connectivity index (χ0n) is 18.3. The highest BCUT2D eigenvalue weighted by atomic mass is 35.5. The molecule has 0 atom stereocenters. The van der Waals surface area contributed by atoms with Gasteiger partial charge in [0.05, 0.1) is 6.54 Å². The molecule has 0 radical (unpaired) electrons. The fourth-order valence-electron chi connectivity index (χ4n) is 4.02. The second-order valence-electron chi connectivity index (χ2n) is 8.59. The lowest BCUT2D eigenvalue weighted by atomic mass is 10.1. The van der Waals surface area contributed by atoms with Gasteiger partial charge in [0.25, 0.3) is 5.56 Å². The van der Waals surface area contributed by atoms with Crippen LogP contribution in [-0.2, 0) is 13.6 Å². The van der Waals surface area contributed by atoms with Crippen LogP contribution >= 0.6 is 11.6 Å². The summed E-state index contributed by atoms with van der Waals surface area (Å²) in [6, 6.07) is 7.58. The van der Waals surface area contributed by atoms with Crippen LogP contribution in [0, 0.1) is 5.92 Å². The summed E-state index contributed by atoms with van der Waals surface area (Å²) in [4.78, 5) is 36.7. The van der Waals surface area contributed by atoms with E-state index in [4.69, 9.17) is 16.6 Å². The van der Waals surface area contributed by atoms with Gasteiger partial charge in [0.1, 0.15) is 0 Å². The Kier molecular flexibility index (Phi) is 6.20. The standard InChI is InChI=1S/C22H29ClN6O2/c1-15(2)8-9-27-10-12-28(13-11-27)21-24-19-18(20(30)25-22(31)26(19)3)29(21)14-16-6-4-5-7-17(16)23/h4-7,15H,8-14H2,1-3H3,(H,25,30,31). The van der Waals surface area contributed by atoms with E-state index in [1.54, 1.807) is 7.05 Å². The third kappa shape index (κ3) is 4.41. The summed E-state index contributed by atoms with van der Waals surface area (Å²) < 4.78 is 3.28. The molecule has 3 heterocycles. The number of nitrogens with one attached hydrogen (secondary N) is 1. The highest BCUT2D eigenvalue weighted by molar-refractivity contribution is 6.31. The number of anilines is 1. The first-order valence-electron chi connectivity index (χ1n) is 10.8. The first-order valence-corrected chi connectivity index (χ1v) is 11.1. The summed E-state index contributed by atoms with van der Waals surface area (Å²) in [5, 5.41) is 0.634. The predicted octanol–water partition coefficient (Wildman–Crippen LogP) is 2.29. The van der Waals surface area contributed by atoms with Crippen molar-refractivity contribution in [3.8, 4) is 0 Å². The van der Waals surface area contributed by atoms with E-state index in [2.05, 4.69) is 28.6 Å². The van der Waals surface area contributed by atoms with Gasteiger partial charge in [-0.3, -0.25) is 23.8 Å². The highest BCUT2D eigenvalue weighted by Crippen LogP contribution is 2.25. The Balaban J connectivity index is 1.72. The number of halogens is 1. The molecular weight excluding hydrogens is 416 g/mol. The van der Waals surface area contributed by atoms with Gasteiger partial charge in [-0.2, -0.15) is 4.98 Å². The molecule has 0 unspecified atom stereocenters. The number of aromatic amines is 1. The molecule has 1 aromatic carbocycles. The van der Waals surface area contributed by atoms with Crippen molar-refractivity contribution in [2.45, 2.75) is 26.8 Å². The highest BCUT2D eigenvalue weighted by Gasteiger charge is 2.25. The topological polar surface area (TPSA) is 79.2 Å². The summed E-state index contributed by atoms with van der Waals surface area (Å²) >= 11 is 6.41. The number of piperazine rings is 1. The van der Waals surface area contributed by atoms with Crippen LogP contribution in [0.1, 0.15) is 25.8 Å². The van der Waals surface area contributed by atoms with Crippen LogP contribution < -0.4 is 16.1 Å². The molecule has 1 aliphatic heterocycles. The van der Waals surface area contributed by atoms with E-state index in [0.29, 0.717) is 34.6 Å². The summed E-state index contributed by atoms with van der Waals surface area (Å²) in [6.45, 7) is 9.50. The quantitative estimate of drug-likeness (QED) is 0.631. The molecule has 166 valence electrons. The van der Waals surface area contributed by atoms with Gasteiger partial charge in [-0.05, 0) is 30.5 Å². The minimum absolute atomic E-state index is 0.387. The van der Waals surface area contributed by atoms with Crippen LogP contribution in [0.3, 0.4) is 0 Å². The molecule has 1 fully saturated rings. The van der Waals surface area contributed by atoms with Crippen molar-refractivity contribution in [1.29, 1.82) is 0 Å². The Hall–Kier alpha value is -2.58. The lowest BCUT2D eigenvalue weighted by Crippen LogP contribution is -2.47. The largest absolute Gasteiger partial charge is 0.340 e. The average molecular weight is 445 g/mol. The molecular formula is C22H29ClN6O2. The number of aryl methyl sites for hydroxylation is 1. The molecule has 0 amide bonds. The Bertz CT molecular complexity index is 1190. The average Bonchev–Trinajstić information content (AvgIpc) is 3.12. The van der Waals surface area contributed by atoms with Crippen molar-refractivity contribution in [2.75, 3.05) is 37.6 Å². The maximum absolute atomic E-state index is 12.8. The monoisotopic (exact) mass is 444 g/mol. The fraction of sp³-hybridized carbons (Fsp3) is 0.500. The van der Waals surface area contributed by atoms with Gasteiger partial charge in [0.15, 0.2) is 11.2 Å². The van der Waals surface area contributed by atoms with Crippen molar-refractivity contribution >= 4 is 28.7 Å². The zero-order chi connectivity index (χ0) is 22.1. The normalized spacial score (nSPS) is 15.3. The van der Waals surface area contributed by atoms with Gasteiger partial charge in [0, 0.05) is 38.2 Å². The minimum Gasteiger partial charge on any atom is -0.340 e. The van der Waals surface area contributed by atoms with E-state index >= 15 is 0 Å². The molecule has 1 aliphatic rings. The van der Waals surface area contributed by atoms with Crippen molar-refractivity contribution in [3.63, 3.8) is 0 Å².